The van der Waals surface area contributed by atoms with Crippen molar-refractivity contribution in [2.45, 2.75) is 57.9 Å². The van der Waals surface area contributed by atoms with Gasteiger partial charge in [0.15, 0.2) is 0 Å². The maximum absolute atomic E-state index is 12.3. The van der Waals surface area contributed by atoms with E-state index in [0.717, 1.165) is 18.4 Å². The summed E-state index contributed by atoms with van der Waals surface area (Å²) in [5.41, 5.74) is 2.36. The minimum Gasteiger partial charge on any atom is -0.480 e. The summed E-state index contributed by atoms with van der Waals surface area (Å²) in [5.74, 6) is -0.855. The molecule has 2 rings (SSSR count). The van der Waals surface area contributed by atoms with Gasteiger partial charge in [0, 0.05) is 18.9 Å². The first kappa shape index (κ1) is 19.4. The second-order valence-corrected chi connectivity index (χ2v) is 7.29. The van der Waals surface area contributed by atoms with Gasteiger partial charge in [-0.2, -0.15) is 0 Å². The van der Waals surface area contributed by atoms with E-state index in [2.05, 4.69) is 43.4 Å². The molecule has 1 aliphatic rings. The minimum absolute atomic E-state index is 0.0401. The van der Waals surface area contributed by atoms with Crippen LogP contribution in [0.15, 0.2) is 24.3 Å². The third-order valence-corrected chi connectivity index (χ3v) is 4.91. The van der Waals surface area contributed by atoms with Crippen LogP contribution in [0.2, 0.25) is 0 Å². The Labute approximate surface area is 149 Å². The van der Waals surface area contributed by atoms with Gasteiger partial charge in [-0.3, -0.25) is 4.79 Å². The average molecular weight is 347 g/mol. The van der Waals surface area contributed by atoms with E-state index in [9.17, 15) is 14.7 Å². The first-order valence-corrected chi connectivity index (χ1v) is 9.08. The Morgan fingerprint density at radius 1 is 1.20 bits per heavy atom. The summed E-state index contributed by atoms with van der Waals surface area (Å²) in [6.45, 7) is 7.34. The van der Waals surface area contributed by atoms with Gasteiger partial charge >= 0.3 is 5.97 Å². The zero-order chi connectivity index (χ0) is 18.4. The lowest BCUT2D eigenvalue weighted by molar-refractivity contribution is -0.145. The number of hydrogen-bond acceptors (Lipinski definition) is 3. The van der Waals surface area contributed by atoms with Crippen molar-refractivity contribution in [2.24, 2.45) is 5.92 Å². The summed E-state index contributed by atoms with van der Waals surface area (Å²) >= 11 is 0. The summed E-state index contributed by atoms with van der Waals surface area (Å²) in [7, 11) is 0. The van der Waals surface area contributed by atoms with Crippen molar-refractivity contribution >= 4 is 11.9 Å². The molecule has 1 aromatic rings. The summed E-state index contributed by atoms with van der Waals surface area (Å²) in [6.07, 6.45) is 1.88. The van der Waals surface area contributed by atoms with Crippen LogP contribution in [0.3, 0.4) is 0 Å². The fourth-order valence-electron chi connectivity index (χ4n) is 3.25. The van der Waals surface area contributed by atoms with Crippen molar-refractivity contribution in [3.8, 4) is 0 Å². The topological polar surface area (TPSA) is 75.6 Å². The molecular weight excluding hydrogens is 318 g/mol. The second kappa shape index (κ2) is 8.99. The van der Waals surface area contributed by atoms with E-state index in [0.29, 0.717) is 19.1 Å². The smallest absolute Gasteiger partial charge is 0.326 e. The van der Waals surface area contributed by atoms with E-state index in [4.69, 9.17) is 4.74 Å². The van der Waals surface area contributed by atoms with Gasteiger partial charge in [-0.15, -0.1) is 0 Å². The Balaban J connectivity index is 1.93. The van der Waals surface area contributed by atoms with Crippen LogP contribution in [0.25, 0.3) is 0 Å². The first-order valence-electron chi connectivity index (χ1n) is 9.08. The fourth-order valence-corrected chi connectivity index (χ4v) is 3.25. The Morgan fingerprint density at radius 3 is 2.36 bits per heavy atom. The minimum atomic E-state index is -0.988. The molecule has 0 aromatic heterocycles. The third kappa shape index (κ3) is 5.56. The molecule has 0 saturated carbocycles. The number of carbonyl (C=O) groups is 2. The number of ether oxygens (including phenoxy) is 1. The molecule has 1 saturated heterocycles. The quantitative estimate of drug-likeness (QED) is 0.793. The molecule has 5 nitrogen and oxygen atoms in total. The lowest BCUT2D eigenvalue weighted by Crippen LogP contribution is -2.48. The lowest BCUT2D eigenvalue weighted by atomic mass is 9.92. The van der Waals surface area contributed by atoms with Crippen LogP contribution in [0.5, 0.6) is 0 Å². The van der Waals surface area contributed by atoms with Crippen LogP contribution in [-0.4, -0.2) is 36.2 Å². The van der Waals surface area contributed by atoms with Gasteiger partial charge in [-0.25, -0.2) is 4.79 Å². The molecule has 2 N–H and O–H groups in total. The molecule has 1 amide bonds. The highest BCUT2D eigenvalue weighted by molar-refractivity contribution is 5.84. The first-order chi connectivity index (χ1) is 11.9. The van der Waals surface area contributed by atoms with Gasteiger partial charge in [0.2, 0.25) is 5.91 Å². The summed E-state index contributed by atoms with van der Waals surface area (Å²) < 4.78 is 5.36. The summed E-state index contributed by atoms with van der Waals surface area (Å²) in [4.78, 5) is 23.9. The number of aliphatic carboxylic acids is 1. The molecule has 0 radical (unpaired) electrons. The maximum atomic E-state index is 12.3. The van der Waals surface area contributed by atoms with Crippen LogP contribution < -0.4 is 5.32 Å². The normalized spacial score (nSPS) is 20.1. The van der Waals surface area contributed by atoms with E-state index >= 15 is 0 Å². The largest absolute Gasteiger partial charge is 0.480 e. The molecule has 3 unspecified atom stereocenters. The predicted octanol–water partition coefficient (Wildman–Crippen LogP) is 3.30. The molecule has 1 fully saturated rings. The van der Waals surface area contributed by atoms with Crippen LogP contribution >= 0.6 is 0 Å². The van der Waals surface area contributed by atoms with Gasteiger partial charge in [0.05, 0.1) is 6.61 Å². The van der Waals surface area contributed by atoms with E-state index < -0.39 is 12.0 Å². The van der Waals surface area contributed by atoms with Crippen molar-refractivity contribution in [3.05, 3.63) is 35.4 Å². The molecular formula is C20H29NO4. The highest BCUT2D eigenvalue weighted by atomic mass is 16.5. The molecule has 138 valence electrons. The number of nitrogens with one attached hydrogen (secondary N) is 1. The van der Waals surface area contributed by atoms with Crippen LogP contribution in [0, 0.1) is 5.92 Å². The number of carboxylic acid groups (broad SMARTS) is 1. The van der Waals surface area contributed by atoms with E-state index in [1.165, 1.54) is 5.56 Å². The molecule has 25 heavy (non-hydrogen) atoms. The molecule has 0 aliphatic carbocycles. The average Bonchev–Trinajstić information content (AvgIpc) is 2.60. The third-order valence-electron chi connectivity index (χ3n) is 4.91. The second-order valence-electron chi connectivity index (χ2n) is 7.29. The SMILES string of the molecule is CC(C)c1ccc(C(C)CC(=O)NC(C(=O)O)C2CCCOC2)cc1. The lowest BCUT2D eigenvalue weighted by Gasteiger charge is -2.28. The summed E-state index contributed by atoms with van der Waals surface area (Å²) in [6, 6.07) is 7.42. The van der Waals surface area contributed by atoms with Gasteiger partial charge in [0.1, 0.15) is 6.04 Å². The highest BCUT2D eigenvalue weighted by Gasteiger charge is 2.31. The number of rotatable bonds is 7. The highest BCUT2D eigenvalue weighted by Crippen LogP contribution is 2.23. The zero-order valence-electron chi connectivity index (χ0n) is 15.3. The molecule has 5 heteroatoms. The van der Waals surface area contributed by atoms with Crippen molar-refractivity contribution in [2.75, 3.05) is 13.2 Å². The molecule has 0 bridgehead atoms. The molecule has 1 heterocycles. The number of benzene rings is 1. The Kier molecular flexibility index (Phi) is 7.00. The molecule has 0 spiro atoms. The number of hydrogen-bond donors (Lipinski definition) is 2. The van der Waals surface area contributed by atoms with Crippen molar-refractivity contribution in [1.29, 1.82) is 0 Å². The Hall–Kier alpha value is -1.88. The van der Waals surface area contributed by atoms with Gasteiger partial charge < -0.3 is 15.2 Å². The standard InChI is InChI=1S/C20H29NO4/c1-13(2)15-6-8-16(9-7-15)14(3)11-18(22)21-19(20(23)24)17-5-4-10-25-12-17/h6-9,13-14,17,19H,4-5,10-12H2,1-3H3,(H,21,22)(H,23,24). The van der Waals surface area contributed by atoms with E-state index in [1.54, 1.807) is 0 Å². The zero-order valence-corrected chi connectivity index (χ0v) is 15.3. The van der Waals surface area contributed by atoms with Crippen LogP contribution in [0.4, 0.5) is 0 Å². The van der Waals surface area contributed by atoms with Gasteiger partial charge in [-0.05, 0) is 35.8 Å². The number of carboxylic acids is 1. The van der Waals surface area contributed by atoms with Crippen LogP contribution in [0.1, 0.15) is 63.0 Å². The van der Waals surface area contributed by atoms with E-state index in [1.807, 2.05) is 6.92 Å². The van der Waals surface area contributed by atoms with Crippen molar-refractivity contribution in [3.63, 3.8) is 0 Å². The number of carbonyl (C=O) groups excluding carboxylic acids is 1. The molecule has 1 aromatic carbocycles. The Bertz CT molecular complexity index is 576. The van der Waals surface area contributed by atoms with Crippen molar-refractivity contribution in [1.82, 2.24) is 5.32 Å². The monoisotopic (exact) mass is 347 g/mol. The Morgan fingerprint density at radius 2 is 1.84 bits per heavy atom. The van der Waals surface area contributed by atoms with Crippen LogP contribution in [-0.2, 0) is 14.3 Å². The van der Waals surface area contributed by atoms with Gasteiger partial charge in [0.25, 0.3) is 0 Å². The molecule has 3 atom stereocenters. The van der Waals surface area contributed by atoms with Crippen molar-refractivity contribution < 1.29 is 19.4 Å². The van der Waals surface area contributed by atoms with E-state index in [-0.39, 0.29) is 24.2 Å². The fraction of sp³-hybridized carbons (Fsp3) is 0.600. The molecule has 1 aliphatic heterocycles. The summed E-state index contributed by atoms with van der Waals surface area (Å²) in [5, 5.41) is 12.1. The predicted molar refractivity (Wildman–Crippen MR) is 96.7 cm³/mol. The number of amides is 1. The van der Waals surface area contributed by atoms with Gasteiger partial charge in [-0.1, -0.05) is 45.0 Å². The maximum Gasteiger partial charge on any atom is 0.326 e.